The molecule has 0 aromatic heterocycles. The summed E-state index contributed by atoms with van der Waals surface area (Å²) >= 11 is 9.10. The minimum atomic E-state index is -1.40. The van der Waals surface area contributed by atoms with Crippen LogP contribution in [-0.4, -0.2) is 0 Å². The Kier molecular flexibility index (Phi) is 3.12. The molecule has 0 N–H and O–H groups in total. The number of thiol groups is 1. The third-order valence-corrected chi connectivity index (χ3v) is 2.87. The SMILES string of the molecule is S=[PH](S)Oc1cccc2ccccc12. The van der Waals surface area contributed by atoms with Gasteiger partial charge in [-0.2, -0.15) is 0 Å². The lowest BCUT2D eigenvalue weighted by molar-refractivity contribution is 0.649. The molecule has 0 spiro atoms. The van der Waals surface area contributed by atoms with E-state index < -0.39 is 6.13 Å². The predicted octanol–water partition coefficient (Wildman–Crippen LogP) is 3.65. The third-order valence-electron chi connectivity index (χ3n) is 1.95. The molecule has 2 aromatic rings. The summed E-state index contributed by atoms with van der Waals surface area (Å²) in [5.41, 5.74) is 0. The fourth-order valence-corrected chi connectivity index (χ4v) is 2.31. The molecule has 0 radical (unpaired) electrons. The molecule has 2 aromatic carbocycles. The lowest BCUT2D eigenvalue weighted by Gasteiger charge is -2.07. The van der Waals surface area contributed by atoms with Gasteiger partial charge in [-0.25, -0.2) is 0 Å². The van der Waals surface area contributed by atoms with Crippen LogP contribution in [-0.2, 0) is 11.8 Å². The summed E-state index contributed by atoms with van der Waals surface area (Å²) in [4.78, 5) is 0. The van der Waals surface area contributed by atoms with Gasteiger partial charge in [-0.15, -0.1) is 12.2 Å². The van der Waals surface area contributed by atoms with Crippen molar-refractivity contribution in [3.63, 3.8) is 0 Å². The van der Waals surface area contributed by atoms with Crippen LogP contribution in [0.2, 0.25) is 0 Å². The molecule has 0 fully saturated rings. The highest BCUT2D eigenvalue weighted by Crippen LogP contribution is 2.35. The first-order valence-corrected chi connectivity index (χ1v) is 7.99. The van der Waals surface area contributed by atoms with Gasteiger partial charge in [0.25, 0.3) is 0 Å². The maximum Gasteiger partial charge on any atom is 0.153 e. The molecule has 1 nitrogen and oxygen atoms in total. The van der Waals surface area contributed by atoms with Crippen LogP contribution in [0.25, 0.3) is 10.8 Å². The Labute approximate surface area is 93.8 Å². The molecule has 0 aliphatic rings. The van der Waals surface area contributed by atoms with Crippen LogP contribution in [0.1, 0.15) is 0 Å². The Morgan fingerprint density at radius 2 is 1.79 bits per heavy atom. The van der Waals surface area contributed by atoms with Gasteiger partial charge in [0.2, 0.25) is 0 Å². The van der Waals surface area contributed by atoms with E-state index in [1.54, 1.807) is 0 Å². The van der Waals surface area contributed by atoms with Gasteiger partial charge in [0.1, 0.15) is 5.75 Å². The van der Waals surface area contributed by atoms with Crippen LogP contribution in [0.4, 0.5) is 0 Å². The van der Waals surface area contributed by atoms with E-state index in [4.69, 9.17) is 16.3 Å². The second-order valence-electron chi connectivity index (χ2n) is 2.85. The second-order valence-corrected chi connectivity index (χ2v) is 6.82. The third kappa shape index (κ3) is 2.11. The van der Waals surface area contributed by atoms with Crippen LogP contribution in [0.3, 0.4) is 0 Å². The molecular weight excluding hydrogens is 231 g/mol. The summed E-state index contributed by atoms with van der Waals surface area (Å²) in [5, 5.41) is 2.26. The van der Waals surface area contributed by atoms with E-state index in [1.165, 1.54) is 0 Å². The highest BCUT2D eigenvalue weighted by atomic mass is 32.9. The van der Waals surface area contributed by atoms with Crippen molar-refractivity contribution in [1.82, 2.24) is 0 Å². The van der Waals surface area contributed by atoms with Gasteiger partial charge in [-0.1, -0.05) is 36.4 Å². The first kappa shape index (κ1) is 10.0. The van der Waals surface area contributed by atoms with Crippen molar-refractivity contribution < 1.29 is 4.52 Å². The van der Waals surface area contributed by atoms with Gasteiger partial charge >= 0.3 is 0 Å². The Morgan fingerprint density at radius 1 is 1.07 bits per heavy atom. The first-order chi connectivity index (χ1) is 6.77. The zero-order chi connectivity index (χ0) is 9.97. The fourth-order valence-electron chi connectivity index (χ4n) is 1.38. The Hall–Kier alpha value is -0.500. The smallest absolute Gasteiger partial charge is 0.153 e. The molecule has 72 valence electrons. The summed E-state index contributed by atoms with van der Waals surface area (Å²) in [6.45, 7) is 0. The molecule has 0 amide bonds. The van der Waals surface area contributed by atoms with Crippen molar-refractivity contribution in [3.05, 3.63) is 42.5 Å². The number of benzene rings is 2. The highest BCUT2D eigenvalue weighted by molar-refractivity contribution is 8.54. The molecule has 14 heavy (non-hydrogen) atoms. The zero-order valence-electron chi connectivity index (χ0n) is 7.31. The van der Waals surface area contributed by atoms with E-state index in [0.717, 1.165) is 16.5 Å². The molecule has 4 heteroatoms. The lowest BCUT2D eigenvalue weighted by Crippen LogP contribution is -1.79. The molecule has 1 unspecified atom stereocenters. The van der Waals surface area contributed by atoms with Crippen molar-refractivity contribution >= 4 is 41.0 Å². The molecular formula is C10H9OPS2. The average molecular weight is 240 g/mol. The molecule has 2 rings (SSSR count). The van der Waals surface area contributed by atoms with E-state index in [0.29, 0.717) is 0 Å². The highest BCUT2D eigenvalue weighted by Gasteiger charge is 2.00. The Bertz CT molecular complexity index is 479. The Balaban J connectivity index is 2.59. The van der Waals surface area contributed by atoms with Gasteiger partial charge in [0, 0.05) is 5.39 Å². The van der Waals surface area contributed by atoms with Gasteiger partial charge in [0.05, 0.1) is 0 Å². The lowest BCUT2D eigenvalue weighted by atomic mass is 10.1. The average Bonchev–Trinajstić information content (AvgIpc) is 2.18. The molecule has 0 aliphatic carbocycles. The molecule has 0 bridgehead atoms. The molecule has 1 atom stereocenters. The minimum absolute atomic E-state index is 0.835. The van der Waals surface area contributed by atoms with Crippen LogP contribution in [0.5, 0.6) is 5.75 Å². The van der Waals surface area contributed by atoms with E-state index in [1.807, 2.05) is 30.3 Å². The summed E-state index contributed by atoms with van der Waals surface area (Å²) in [6.07, 6.45) is -1.40. The van der Waals surface area contributed by atoms with Gasteiger partial charge in [-0.3, -0.25) is 0 Å². The van der Waals surface area contributed by atoms with Crippen molar-refractivity contribution in [2.75, 3.05) is 0 Å². The number of hydrogen-bond donors (Lipinski definition) is 1. The monoisotopic (exact) mass is 240 g/mol. The zero-order valence-corrected chi connectivity index (χ0v) is 10.0. The van der Waals surface area contributed by atoms with E-state index >= 15 is 0 Å². The molecule has 0 heterocycles. The summed E-state index contributed by atoms with van der Waals surface area (Å²) in [7, 11) is 0. The van der Waals surface area contributed by atoms with Gasteiger partial charge in [0.15, 0.2) is 6.13 Å². The second kappa shape index (κ2) is 4.35. The van der Waals surface area contributed by atoms with E-state index in [-0.39, 0.29) is 0 Å². The van der Waals surface area contributed by atoms with E-state index in [2.05, 4.69) is 24.4 Å². The van der Waals surface area contributed by atoms with Crippen molar-refractivity contribution in [3.8, 4) is 5.75 Å². The van der Waals surface area contributed by atoms with Crippen molar-refractivity contribution in [2.45, 2.75) is 0 Å². The van der Waals surface area contributed by atoms with Crippen LogP contribution >= 0.6 is 18.4 Å². The first-order valence-electron chi connectivity index (χ1n) is 4.16. The largest absolute Gasteiger partial charge is 0.459 e. The normalized spacial score (nSPS) is 12.6. The maximum atomic E-state index is 5.51. The summed E-state index contributed by atoms with van der Waals surface area (Å²) in [6, 6.07) is 14.0. The fraction of sp³-hybridized carbons (Fsp3) is 0. The van der Waals surface area contributed by atoms with Crippen LogP contribution in [0, 0.1) is 0 Å². The summed E-state index contributed by atoms with van der Waals surface area (Å²) in [5.74, 6) is 0.835. The van der Waals surface area contributed by atoms with Gasteiger partial charge in [-0.05, 0) is 23.3 Å². The Morgan fingerprint density at radius 3 is 2.57 bits per heavy atom. The topological polar surface area (TPSA) is 9.23 Å². The molecule has 0 aliphatic heterocycles. The standard InChI is InChI=1S/C10H9OPS2/c13-12(14)11-10-7-3-5-8-4-1-2-6-9(8)10/h1-7,12H,(H,13,14). The molecule has 0 saturated heterocycles. The number of hydrogen-bond acceptors (Lipinski definition) is 2. The number of rotatable bonds is 2. The van der Waals surface area contributed by atoms with Crippen LogP contribution < -0.4 is 4.52 Å². The molecule has 0 saturated carbocycles. The predicted molar refractivity (Wildman–Crippen MR) is 69.2 cm³/mol. The van der Waals surface area contributed by atoms with Crippen LogP contribution in [0.15, 0.2) is 42.5 Å². The van der Waals surface area contributed by atoms with Crippen molar-refractivity contribution in [2.24, 2.45) is 0 Å². The van der Waals surface area contributed by atoms with E-state index in [9.17, 15) is 0 Å². The number of fused-ring (bicyclic) bond motifs is 1. The van der Waals surface area contributed by atoms with Crippen molar-refractivity contribution in [1.29, 1.82) is 0 Å². The van der Waals surface area contributed by atoms with Gasteiger partial charge < -0.3 is 4.52 Å². The quantitative estimate of drug-likeness (QED) is 0.633. The maximum absolute atomic E-state index is 5.51. The summed E-state index contributed by atoms with van der Waals surface area (Å²) < 4.78 is 5.51. The minimum Gasteiger partial charge on any atom is -0.459 e.